The van der Waals surface area contributed by atoms with Crippen molar-refractivity contribution >= 4 is 5.91 Å². The minimum Gasteiger partial charge on any atom is -0.390 e. The molecule has 1 aliphatic carbocycles. The molecule has 28 heavy (non-hydrogen) atoms. The Morgan fingerprint density at radius 3 is 2.71 bits per heavy atom. The lowest BCUT2D eigenvalue weighted by Gasteiger charge is -2.40. The van der Waals surface area contributed by atoms with Crippen LogP contribution in [0, 0.1) is 25.7 Å². The van der Waals surface area contributed by atoms with Gasteiger partial charge in [0.25, 0.3) is 0 Å². The number of carbonyl (C=O) groups is 1. The average Bonchev–Trinajstić information content (AvgIpc) is 3.26. The van der Waals surface area contributed by atoms with E-state index in [4.69, 9.17) is 0 Å². The van der Waals surface area contributed by atoms with E-state index in [1.807, 2.05) is 53.8 Å². The second-order valence-corrected chi connectivity index (χ2v) is 8.59. The molecule has 1 aromatic heterocycles. The van der Waals surface area contributed by atoms with Gasteiger partial charge in [0.05, 0.1) is 23.4 Å². The van der Waals surface area contributed by atoms with Gasteiger partial charge in [-0.3, -0.25) is 4.79 Å². The van der Waals surface area contributed by atoms with E-state index in [1.165, 1.54) is 0 Å². The fourth-order valence-corrected chi connectivity index (χ4v) is 5.29. The molecular formula is C23H31N3O2. The zero-order chi connectivity index (χ0) is 19.9. The summed E-state index contributed by atoms with van der Waals surface area (Å²) in [5, 5.41) is 15.7. The number of para-hydroxylation sites is 1. The van der Waals surface area contributed by atoms with Crippen molar-refractivity contribution in [3.8, 4) is 5.69 Å². The number of hydrogen-bond donors (Lipinski definition) is 1. The van der Waals surface area contributed by atoms with Crippen LogP contribution in [0.2, 0.25) is 0 Å². The van der Waals surface area contributed by atoms with E-state index in [9.17, 15) is 9.90 Å². The topological polar surface area (TPSA) is 58.4 Å². The normalized spacial score (nSPS) is 27.1. The highest BCUT2D eigenvalue weighted by atomic mass is 16.3. The predicted octanol–water partition coefficient (Wildman–Crippen LogP) is 3.43. The number of likely N-dealkylation sites (tertiary alicyclic amines) is 1. The summed E-state index contributed by atoms with van der Waals surface area (Å²) in [5.74, 6) is 0.827. The molecule has 0 spiro atoms. The maximum atomic E-state index is 13.1. The first kappa shape index (κ1) is 19.2. The summed E-state index contributed by atoms with van der Waals surface area (Å²) in [4.78, 5) is 15.1. The molecule has 0 radical (unpaired) electrons. The van der Waals surface area contributed by atoms with E-state index >= 15 is 0 Å². The van der Waals surface area contributed by atoms with Gasteiger partial charge in [0.1, 0.15) is 0 Å². The molecule has 1 saturated heterocycles. The number of fused-ring (bicyclic) bond motifs is 1. The van der Waals surface area contributed by atoms with Crippen LogP contribution in [0.5, 0.6) is 0 Å². The Balaban J connectivity index is 1.51. The number of aliphatic hydroxyl groups is 1. The number of rotatable bonds is 4. The first-order valence-electron chi connectivity index (χ1n) is 10.5. The Morgan fingerprint density at radius 1 is 1.25 bits per heavy atom. The van der Waals surface area contributed by atoms with Crippen molar-refractivity contribution in [1.29, 1.82) is 0 Å². The van der Waals surface area contributed by atoms with Crippen molar-refractivity contribution in [2.24, 2.45) is 11.8 Å². The highest BCUT2D eigenvalue weighted by molar-refractivity contribution is 5.79. The van der Waals surface area contributed by atoms with Crippen LogP contribution in [0.25, 0.3) is 5.69 Å². The van der Waals surface area contributed by atoms with Crippen molar-refractivity contribution in [2.45, 2.75) is 58.5 Å². The Kier molecular flexibility index (Phi) is 5.04. The van der Waals surface area contributed by atoms with Crippen molar-refractivity contribution in [2.75, 3.05) is 13.1 Å². The molecule has 1 amide bonds. The molecule has 0 bridgehead atoms. The van der Waals surface area contributed by atoms with E-state index in [0.717, 1.165) is 54.9 Å². The SMILES string of the molecule is CC[C@]1(O)CCC[C@H]2CN(C(=O)Cc3c(C)nn(-c4ccccc4)c3C)C[C@H]21. The third-order valence-corrected chi connectivity index (χ3v) is 7.05. The molecule has 1 aromatic carbocycles. The standard InChI is InChI=1S/C23H31N3O2/c1-4-23(28)12-8-9-18-14-25(15-21(18)23)22(27)13-20-16(2)24-26(17(20)3)19-10-6-5-7-11-19/h5-7,10-11,18,21,28H,4,8-9,12-15H2,1-3H3/t18-,21+,23-/m0/s1. The third-order valence-electron chi connectivity index (χ3n) is 7.05. The molecule has 1 aliphatic heterocycles. The van der Waals surface area contributed by atoms with Crippen LogP contribution in [-0.4, -0.2) is 44.4 Å². The van der Waals surface area contributed by atoms with Gasteiger partial charge in [-0.15, -0.1) is 0 Å². The van der Waals surface area contributed by atoms with E-state index in [-0.39, 0.29) is 11.8 Å². The van der Waals surface area contributed by atoms with Crippen LogP contribution in [0.1, 0.15) is 49.6 Å². The van der Waals surface area contributed by atoms with Crippen molar-refractivity contribution in [3.05, 3.63) is 47.3 Å². The lowest BCUT2D eigenvalue weighted by Crippen LogP contribution is -2.44. The molecule has 2 aliphatic rings. The van der Waals surface area contributed by atoms with Crippen LogP contribution in [0.15, 0.2) is 30.3 Å². The number of nitrogens with zero attached hydrogens (tertiary/aromatic N) is 3. The Bertz CT molecular complexity index is 860. The Morgan fingerprint density at radius 2 is 2.00 bits per heavy atom. The summed E-state index contributed by atoms with van der Waals surface area (Å²) in [6.07, 6.45) is 4.22. The maximum absolute atomic E-state index is 13.1. The van der Waals surface area contributed by atoms with Gasteiger partial charge in [-0.2, -0.15) is 5.10 Å². The van der Waals surface area contributed by atoms with Crippen molar-refractivity contribution < 1.29 is 9.90 Å². The zero-order valence-electron chi connectivity index (χ0n) is 17.2. The number of carbonyl (C=O) groups excluding carboxylic acids is 1. The van der Waals surface area contributed by atoms with Crippen molar-refractivity contribution in [3.63, 3.8) is 0 Å². The second-order valence-electron chi connectivity index (χ2n) is 8.59. The minimum absolute atomic E-state index is 0.159. The summed E-state index contributed by atoms with van der Waals surface area (Å²) < 4.78 is 1.93. The third kappa shape index (κ3) is 3.26. The molecule has 2 heterocycles. The highest BCUT2D eigenvalue weighted by Crippen LogP contribution is 2.44. The molecule has 150 valence electrons. The largest absolute Gasteiger partial charge is 0.390 e. The smallest absolute Gasteiger partial charge is 0.227 e. The fourth-order valence-electron chi connectivity index (χ4n) is 5.29. The van der Waals surface area contributed by atoms with Gasteiger partial charge in [0, 0.05) is 30.3 Å². The quantitative estimate of drug-likeness (QED) is 0.883. The van der Waals surface area contributed by atoms with E-state index < -0.39 is 5.60 Å². The van der Waals surface area contributed by atoms with Crippen LogP contribution in [0.4, 0.5) is 0 Å². The van der Waals surface area contributed by atoms with Gasteiger partial charge in [-0.05, 0) is 51.2 Å². The molecule has 3 atom stereocenters. The van der Waals surface area contributed by atoms with E-state index in [2.05, 4.69) is 12.0 Å². The first-order valence-corrected chi connectivity index (χ1v) is 10.5. The number of aryl methyl sites for hydroxylation is 1. The molecule has 5 heteroatoms. The summed E-state index contributed by atoms with van der Waals surface area (Å²) in [5.41, 5.74) is 3.38. The molecule has 1 N–H and O–H groups in total. The Hall–Kier alpha value is -2.14. The molecule has 2 fully saturated rings. The van der Waals surface area contributed by atoms with Crippen LogP contribution >= 0.6 is 0 Å². The molecule has 5 nitrogen and oxygen atoms in total. The number of hydrogen-bond acceptors (Lipinski definition) is 3. The molecule has 0 unspecified atom stereocenters. The Labute approximate surface area is 167 Å². The summed E-state index contributed by atoms with van der Waals surface area (Å²) in [6, 6.07) is 10.0. The summed E-state index contributed by atoms with van der Waals surface area (Å²) in [6.45, 7) is 7.57. The minimum atomic E-state index is -0.595. The summed E-state index contributed by atoms with van der Waals surface area (Å²) >= 11 is 0. The first-order chi connectivity index (χ1) is 13.4. The average molecular weight is 382 g/mol. The van der Waals surface area contributed by atoms with Gasteiger partial charge in [0.2, 0.25) is 5.91 Å². The van der Waals surface area contributed by atoms with E-state index in [0.29, 0.717) is 18.9 Å². The van der Waals surface area contributed by atoms with Crippen molar-refractivity contribution in [1.82, 2.24) is 14.7 Å². The van der Waals surface area contributed by atoms with Gasteiger partial charge < -0.3 is 10.0 Å². The number of amides is 1. The fraction of sp³-hybridized carbons (Fsp3) is 0.565. The molecule has 4 rings (SSSR count). The summed E-state index contributed by atoms with van der Waals surface area (Å²) in [7, 11) is 0. The van der Waals surface area contributed by atoms with Crippen LogP contribution in [0.3, 0.4) is 0 Å². The maximum Gasteiger partial charge on any atom is 0.227 e. The zero-order valence-corrected chi connectivity index (χ0v) is 17.2. The van der Waals surface area contributed by atoms with Gasteiger partial charge in [0.15, 0.2) is 0 Å². The molecule has 2 aromatic rings. The van der Waals surface area contributed by atoms with Crippen LogP contribution < -0.4 is 0 Å². The number of aromatic nitrogens is 2. The number of benzene rings is 1. The molecule has 1 saturated carbocycles. The van der Waals surface area contributed by atoms with E-state index in [1.54, 1.807) is 0 Å². The van der Waals surface area contributed by atoms with Crippen LogP contribution in [-0.2, 0) is 11.2 Å². The lowest BCUT2D eigenvalue weighted by molar-refractivity contribution is -0.130. The van der Waals surface area contributed by atoms with Gasteiger partial charge in [-0.25, -0.2) is 4.68 Å². The highest BCUT2D eigenvalue weighted by Gasteiger charge is 2.48. The van der Waals surface area contributed by atoms with Gasteiger partial charge in [-0.1, -0.05) is 31.5 Å². The predicted molar refractivity (Wildman–Crippen MR) is 109 cm³/mol. The molecular weight excluding hydrogens is 350 g/mol. The second kappa shape index (κ2) is 7.36. The monoisotopic (exact) mass is 381 g/mol. The lowest BCUT2D eigenvalue weighted by atomic mass is 9.69. The van der Waals surface area contributed by atoms with Gasteiger partial charge >= 0.3 is 0 Å².